The lowest BCUT2D eigenvalue weighted by Crippen LogP contribution is -2.39. The van der Waals surface area contributed by atoms with Gasteiger partial charge in [-0.15, -0.1) is 0 Å². The molecule has 19 heavy (non-hydrogen) atoms. The van der Waals surface area contributed by atoms with E-state index in [-0.39, 0.29) is 37.1 Å². The molecule has 3 amide bonds. The third-order valence-corrected chi connectivity index (χ3v) is 3.19. The number of carbonyl (C=O) groups excluding carboxylic acids is 3. The molecule has 0 spiro atoms. The minimum Gasteiger partial charge on any atom is -0.350 e. The first-order valence-electron chi connectivity index (χ1n) is 6.22. The van der Waals surface area contributed by atoms with Crippen LogP contribution in [-0.4, -0.2) is 29.2 Å². The molecule has 2 rings (SSSR count). The molecule has 1 aromatic carbocycles. The van der Waals surface area contributed by atoms with Crippen LogP contribution in [0.15, 0.2) is 24.3 Å². The van der Waals surface area contributed by atoms with Crippen molar-refractivity contribution in [2.24, 2.45) is 0 Å². The molecule has 100 valence electrons. The third-order valence-electron chi connectivity index (χ3n) is 3.19. The van der Waals surface area contributed by atoms with Crippen LogP contribution >= 0.6 is 0 Å². The molecule has 1 fully saturated rings. The van der Waals surface area contributed by atoms with E-state index in [0.717, 1.165) is 16.0 Å². The van der Waals surface area contributed by atoms with Gasteiger partial charge in [-0.05, 0) is 18.1 Å². The van der Waals surface area contributed by atoms with Gasteiger partial charge in [-0.2, -0.15) is 0 Å². The Labute approximate surface area is 111 Å². The van der Waals surface area contributed by atoms with Crippen LogP contribution in [0.2, 0.25) is 0 Å². The second kappa shape index (κ2) is 5.65. The number of carbonyl (C=O) groups is 3. The topological polar surface area (TPSA) is 66.5 Å². The van der Waals surface area contributed by atoms with Gasteiger partial charge >= 0.3 is 0 Å². The van der Waals surface area contributed by atoms with Crippen molar-refractivity contribution in [3.63, 3.8) is 0 Å². The molecule has 0 atom stereocenters. The number of hydrogen-bond acceptors (Lipinski definition) is 3. The Hall–Kier alpha value is -2.17. The van der Waals surface area contributed by atoms with Crippen LogP contribution in [0, 0.1) is 6.92 Å². The van der Waals surface area contributed by atoms with Gasteiger partial charge in [0.2, 0.25) is 17.7 Å². The predicted molar refractivity (Wildman–Crippen MR) is 69.0 cm³/mol. The maximum Gasteiger partial charge on any atom is 0.240 e. The van der Waals surface area contributed by atoms with E-state index in [2.05, 4.69) is 5.32 Å². The molecule has 1 aliphatic heterocycles. The van der Waals surface area contributed by atoms with Gasteiger partial charge in [-0.1, -0.05) is 24.3 Å². The van der Waals surface area contributed by atoms with E-state index in [1.807, 2.05) is 31.2 Å². The molecule has 1 saturated heterocycles. The summed E-state index contributed by atoms with van der Waals surface area (Å²) in [5.41, 5.74) is 2.12. The fourth-order valence-electron chi connectivity index (χ4n) is 2.00. The monoisotopic (exact) mass is 260 g/mol. The summed E-state index contributed by atoms with van der Waals surface area (Å²) in [5.74, 6) is -0.848. The number of nitrogens with one attached hydrogen (secondary N) is 1. The van der Waals surface area contributed by atoms with Gasteiger partial charge in [0.25, 0.3) is 0 Å². The lowest BCUT2D eigenvalue weighted by Gasteiger charge is -2.14. The quantitative estimate of drug-likeness (QED) is 0.813. The zero-order chi connectivity index (χ0) is 13.8. The van der Waals surface area contributed by atoms with Crippen LogP contribution in [0.5, 0.6) is 0 Å². The standard InChI is InChI=1S/C14H16N2O3/c1-10-4-2-3-5-11(10)8-15-12(17)9-16-13(18)6-7-14(16)19/h2-5H,6-9H2,1H3,(H,15,17). The maximum absolute atomic E-state index is 11.7. The van der Waals surface area contributed by atoms with Crippen LogP contribution in [0.3, 0.4) is 0 Å². The van der Waals surface area contributed by atoms with E-state index in [9.17, 15) is 14.4 Å². The van der Waals surface area contributed by atoms with Gasteiger partial charge in [-0.25, -0.2) is 0 Å². The second-order valence-electron chi connectivity index (χ2n) is 4.58. The van der Waals surface area contributed by atoms with E-state index in [1.54, 1.807) is 0 Å². The van der Waals surface area contributed by atoms with Crippen molar-refractivity contribution in [3.05, 3.63) is 35.4 Å². The number of rotatable bonds is 4. The number of nitrogens with zero attached hydrogens (tertiary/aromatic N) is 1. The number of imide groups is 1. The zero-order valence-corrected chi connectivity index (χ0v) is 10.8. The highest BCUT2D eigenvalue weighted by molar-refractivity contribution is 6.04. The Bertz CT molecular complexity index is 509. The first-order valence-corrected chi connectivity index (χ1v) is 6.22. The van der Waals surface area contributed by atoms with Crippen LogP contribution in [0.25, 0.3) is 0 Å². The van der Waals surface area contributed by atoms with Crippen LogP contribution in [-0.2, 0) is 20.9 Å². The molecule has 1 aliphatic rings. The van der Waals surface area contributed by atoms with Crippen molar-refractivity contribution in [2.45, 2.75) is 26.3 Å². The maximum atomic E-state index is 11.7. The van der Waals surface area contributed by atoms with Crippen molar-refractivity contribution in [2.75, 3.05) is 6.54 Å². The average molecular weight is 260 g/mol. The molecular formula is C14H16N2O3. The number of amides is 3. The van der Waals surface area contributed by atoms with Crippen LogP contribution in [0.4, 0.5) is 0 Å². The number of likely N-dealkylation sites (tertiary alicyclic amines) is 1. The van der Waals surface area contributed by atoms with E-state index in [1.165, 1.54) is 0 Å². The molecule has 0 aromatic heterocycles. The molecule has 5 heteroatoms. The highest BCUT2D eigenvalue weighted by Crippen LogP contribution is 2.11. The summed E-state index contributed by atoms with van der Waals surface area (Å²) < 4.78 is 0. The van der Waals surface area contributed by atoms with Crippen LogP contribution in [0.1, 0.15) is 24.0 Å². The largest absolute Gasteiger partial charge is 0.350 e. The average Bonchev–Trinajstić information content (AvgIpc) is 2.70. The Kier molecular flexibility index (Phi) is 3.94. The van der Waals surface area contributed by atoms with Crippen molar-refractivity contribution >= 4 is 17.7 Å². The first-order chi connectivity index (χ1) is 9.08. The summed E-state index contributed by atoms with van der Waals surface area (Å²) in [6.07, 6.45) is 0.424. The van der Waals surface area contributed by atoms with Crippen molar-refractivity contribution in [1.82, 2.24) is 10.2 Å². The molecule has 0 aliphatic carbocycles. The predicted octanol–water partition coefficient (Wildman–Crippen LogP) is 0.760. The van der Waals surface area contributed by atoms with E-state index >= 15 is 0 Å². The molecule has 1 aromatic rings. The van der Waals surface area contributed by atoms with Gasteiger partial charge < -0.3 is 5.32 Å². The number of aryl methyl sites for hydroxylation is 1. The van der Waals surface area contributed by atoms with E-state index in [4.69, 9.17) is 0 Å². The summed E-state index contributed by atoms with van der Waals surface area (Å²) in [5, 5.41) is 2.72. The fraction of sp³-hybridized carbons (Fsp3) is 0.357. The van der Waals surface area contributed by atoms with E-state index in [0.29, 0.717) is 6.54 Å². The lowest BCUT2D eigenvalue weighted by molar-refractivity contribution is -0.142. The zero-order valence-electron chi connectivity index (χ0n) is 10.8. The summed E-state index contributed by atoms with van der Waals surface area (Å²) in [6.45, 7) is 2.19. The molecule has 0 unspecified atom stereocenters. The molecule has 0 bridgehead atoms. The summed E-state index contributed by atoms with van der Waals surface area (Å²) in [6, 6.07) is 7.74. The van der Waals surface area contributed by atoms with Crippen LogP contribution < -0.4 is 5.32 Å². The molecule has 1 N–H and O–H groups in total. The third kappa shape index (κ3) is 3.19. The minimum atomic E-state index is -0.313. The normalized spacial score (nSPS) is 14.9. The molecule has 5 nitrogen and oxygen atoms in total. The van der Waals surface area contributed by atoms with Gasteiger partial charge in [0.1, 0.15) is 6.54 Å². The van der Waals surface area contributed by atoms with Gasteiger partial charge in [0.05, 0.1) is 0 Å². The summed E-state index contributed by atoms with van der Waals surface area (Å²) in [4.78, 5) is 35.5. The van der Waals surface area contributed by atoms with E-state index < -0.39 is 0 Å². The van der Waals surface area contributed by atoms with Crippen molar-refractivity contribution in [1.29, 1.82) is 0 Å². The minimum absolute atomic E-state index is 0.177. The van der Waals surface area contributed by atoms with Crippen molar-refractivity contribution < 1.29 is 14.4 Å². The smallest absolute Gasteiger partial charge is 0.240 e. The number of hydrogen-bond donors (Lipinski definition) is 1. The first kappa shape index (κ1) is 13.3. The molecular weight excluding hydrogens is 244 g/mol. The van der Waals surface area contributed by atoms with Gasteiger partial charge in [-0.3, -0.25) is 19.3 Å². The van der Waals surface area contributed by atoms with Gasteiger partial charge in [0.15, 0.2) is 0 Å². The molecule has 1 heterocycles. The Balaban J connectivity index is 1.87. The highest BCUT2D eigenvalue weighted by Gasteiger charge is 2.30. The number of benzene rings is 1. The molecule has 0 saturated carbocycles. The summed E-state index contributed by atoms with van der Waals surface area (Å²) >= 11 is 0. The summed E-state index contributed by atoms with van der Waals surface area (Å²) in [7, 11) is 0. The Morgan fingerprint density at radius 2 is 1.84 bits per heavy atom. The highest BCUT2D eigenvalue weighted by atomic mass is 16.2. The second-order valence-corrected chi connectivity index (χ2v) is 4.58. The SMILES string of the molecule is Cc1ccccc1CNC(=O)CN1C(=O)CCC1=O. The van der Waals surface area contributed by atoms with Crippen molar-refractivity contribution in [3.8, 4) is 0 Å². The fourth-order valence-corrected chi connectivity index (χ4v) is 2.00. The van der Waals surface area contributed by atoms with Gasteiger partial charge in [0, 0.05) is 19.4 Å². The Morgan fingerprint density at radius 3 is 2.47 bits per heavy atom. The molecule has 0 radical (unpaired) electrons. The lowest BCUT2D eigenvalue weighted by atomic mass is 10.1. The Morgan fingerprint density at radius 1 is 1.21 bits per heavy atom.